The summed E-state index contributed by atoms with van der Waals surface area (Å²) in [7, 11) is 0. The number of hydrogen-bond donors (Lipinski definition) is 1. The molecule has 0 heterocycles. The molecule has 0 amide bonds. The highest BCUT2D eigenvalue weighted by Gasteiger charge is 2.26. The molecule has 0 atom stereocenters. The van der Waals surface area contributed by atoms with Crippen molar-refractivity contribution in [3.05, 3.63) is 32.5 Å². The van der Waals surface area contributed by atoms with Crippen LogP contribution in [0.3, 0.4) is 0 Å². The summed E-state index contributed by atoms with van der Waals surface area (Å²) in [5.74, 6) is -0.844. The lowest BCUT2D eigenvalue weighted by Crippen LogP contribution is -2.34. The topological polar surface area (TPSA) is 72.6 Å². The van der Waals surface area contributed by atoms with Gasteiger partial charge in [-0.25, -0.2) is 4.39 Å². The predicted octanol–water partition coefficient (Wildman–Crippen LogP) is 3.43. The first-order valence-corrected chi connectivity index (χ1v) is 6.61. The maximum atomic E-state index is 13.4. The highest BCUT2D eigenvalue weighted by atomic mass is 79.9. The number of nitrogens with zero attached hydrogens (tertiary/aromatic N) is 1. The molecule has 5 nitrogen and oxygen atoms in total. The number of aliphatic hydroxyl groups is 1. The van der Waals surface area contributed by atoms with Crippen molar-refractivity contribution in [2.24, 2.45) is 0 Å². The van der Waals surface area contributed by atoms with Crippen molar-refractivity contribution < 1.29 is 19.2 Å². The zero-order chi connectivity index (χ0) is 14.6. The fraction of sp³-hybridized carbons (Fsp3) is 0.500. The molecular formula is C12H15BrFNO4. The van der Waals surface area contributed by atoms with E-state index < -0.39 is 16.3 Å². The first-order valence-electron chi connectivity index (χ1n) is 5.81. The number of hydrogen-bond acceptors (Lipinski definition) is 4. The summed E-state index contributed by atoms with van der Waals surface area (Å²) in [6.45, 7) is 3.44. The highest BCUT2D eigenvalue weighted by molar-refractivity contribution is 9.10. The van der Waals surface area contributed by atoms with Crippen LogP contribution < -0.4 is 4.74 Å². The van der Waals surface area contributed by atoms with Gasteiger partial charge in [0.25, 0.3) is 0 Å². The molecule has 0 aliphatic carbocycles. The number of ether oxygens (including phenoxy) is 1. The second-order valence-corrected chi connectivity index (χ2v) is 5.07. The summed E-state index contributed by atoms with van der Waals surface area (Å²) in [5.41, 5.74) is -1.42. The van der Waals surface area contributed by atoms with Gasteiger partial charge in [-0.2, -0.15) is 0 Å². The number of nitro benzene ring substituents is 1. The van der Waals surface area contributed by atoms with Crippen molar-refractivity contribution in [3.8, 4) is 5.75 Å². The summed E-state index contributed by atoms with van der Waals surface area (Å²) >= 11 is 2.88. The molecule has 19 heavy (non-hydrogen) atoms. The summed E-state index contributed by atoms with van der Waals surface area (Å²) in [6.07, 6.45) is 0.882. The van der Waals surface area contributed by atoms with Gasteiger partial charge < -0.3 is 9.84 Å². The van der Waals surface area contributed by atoms with E-state index >= 15 is 0 Å². The minimum Gasteiger partial charge on any atom is -0.484 e. The molecule has 0 bridgehead atoms. The molecule has 0 aliphatic rings. The Morgan fingerprint density at radius 1 is 1.47 bits per heavy atom. The quantitative estimate of drug-likeness (QED) is 0.638. The molecule has 0 unspecified atom stereocenters. The Morgan fingerprint density at radius 2 is 2.05 bits per heavy atom. The van der Waals surface area contributed by atoms with Gasteiger partial charge in [0.15, 0.2) is 5.75 Å². The van der Waals surface area contributed by atoms with Crippen molar-refractivity contribution in [3.63, 3.8) is 0 Å². The summed E-state index contributed by atoms with van der Waals surface area (Å²) in [6, 6.07) is 1.98. The van der Waals surface area contributed by atoms with E-state index in [0.717, 1.165) is 12.1 Å². The van der Waals surface area contributed by atoms with E-state index in [0.29, 0.717) is 12.8 Å². The zero-order valence-corrected chi connectivity index (χ0v) is 12.2. The molecule has 0 spiro atoms. The van der Waals surface area contributed by atoms with Crippen molar-refractivity contribution >= 4 is 21.6 Å². The van der Waals surface area contributed by atoms with E-state index in [1.165, 1.54) is 0 Å². The molecule has 0 fully saturated rings. The second-order valence-electron chi connectivity index (χ2n) is 4.21. The molecule has 1 aromatic rings. The third-order valence-electron chi connectivity index (χ3n) is 3.01. The molecule has 0 aromatic heterocycles. The number of rotatable bonds is 6. The van der Waals surface area contributed by atoms with Crippen molar-refractivity contribution in [2.75, 3.05) is 6.61 Å². The third-order valence-corrected chi connectivity index (χ3v) is 3.62. The summed E-state index contributed by atoms with van der Waals surface area (Å²) in [5, 5.41) is 20.9. The van der Waals surface area contributed by atoms with E-state index in [-0.39, 0.29) is 22.5 Å². The van der Waals surface area contributed by atoms with Crippen molar-refractivity contribution in [1.82, 2.24) is 0 Å². The average Bonchev–Trinajstić information content (AvgIpc) is 2.39. The van der Waals surface area contributed by atoms with E-state index in [4.69, 9.17) is 4.74 Å². The number of halogens is 2. The van der Waals surface area contributed by atoms with Crippen molar-refractivity contribution in [1.29, 1.82) is 0 Å². The average molecular weight is 336 g/mol. The molecule has 106 valence electrons. The monoisotopic (exact) mass is 335 g/mol. The Kier molecular flexibility index (Phi) is 5.25. The second kappa shape index (κ2) is 6.29. The normalized spacial score (nSPS) is 11.4. The van der Waals surface area contributed by atoms with Gasteiger partial charge >= 0.3 is 5.69 Å². The Morgan fingerprint density at radius 3 is 2.53 bits per heavy atom. The van der Waals surface area contributed by atoms with Gasteiger partial charge in [-0.15, -0.1) is 0 Å². The minimum absolute atomic E-state index is 0.00667. The van der Waals surface area contributed by atoms with Gasteiger partial charge in [-0.05, 0) is 28.8 Å². The molecule has 1 aromatic carbocycles. The lowest BCUT2D eigenvalue weighted by Gasteiger charge is -2.24. The van der Waals surface area contributed by atoms with E-state index in [1.807, 2.05) is 0 Å². The molecule has 0 saturated heterocycles. The lowest BCUT2D eigenvalue weighted by atomic mass is 9.99. The Balaban J connectivity index is 3.00. The van der Waals surface area contributed by atoms with Crippen LogP contribution in [0.2, 0.25) is 0 Å². The van der Waals surface area contributed by atoms with E-state index in [9.17, 15) is 19.6 Å². The van der Waals surface area contributed by atoms with Crippen LogP contribution in [-0.2, 0) is 0 Å². The lowest BCUT2D eigenvalue weighted by molar-refractivity contribution is -0.386. The maximum absolute atomic E-state index is 13.4. The Hall–Kier alpha value is -1.21. The van der Waals surface area contributed by atoms with Gasteiger partial charge in [-0.1, -0.05) is 13.8 Å². The third kappa shape index (κ3) is 3.87. The first-order chi connectivity index (χ1) is 8.83. The minimum atomic E-state index is -1.07. The van der Waals surface area contributed by atoms with Gasteiger partial charge in [0, 0.05) is 12.1 Å². The van der Waals surface area contributed by atoms with Crippen LogP contribution in [0.25, 0.3) is 0 Å². The smallest absolute Gasteiger partial charge is 0.312 e. The van der Waals surface area contributed by atoms with Gasteiger partial charge in [0.05, 0.1) is 15.0 Å². The largest absolute Gasteiger partial charge is 0.484 e. The molecule has 7 heteroatoms. The van der Waals surface area contributed by atoms with Crippen LogP contribution in [0.5, 0.6) is 5.75 Å². The first kappa shape index (κ1) is 15.8. The number of nitro groups is 1. The maximum Gasteiger partial charge on any atom is 0.312 e. The van der Waals surface area contributed by atoms with Crippen LogP contribution in [0.1, 0.15) is 26.7 Å². The Bertz CT molecular complexity index is 477. The van der Waals surface area contributed by atoms with Gasteiger partial charge in [0.2, 0.25) is 0 Å². The molecule has 0 saturated carbocycles. The molecule has 0 aliphatic heterocycles. The van der Waals surface area contributed by atoms with E-state index in [2.05, 4.69) is 15.9 Å². The summed E-state index contributed by atoms with van der Waals surface area (Å²) < 4.78 is 18.6. The highest BCUT2D eigenvalue weighted by Crippen LogP contribution is 2.33. The van der Waals surface area contributed by atoms with Crippen LogP contribution in [0, 0.1) is 15.9 Å². The fourth-order valence-electron chi connectivity index (χ4n) is 1.44. The van der Waals surface area contributed by atoms with Crippen molar-refractivity contribution in [2.45, 2.75) is 32.3 Å². The van der Waals surface area contributed by atoms with Crippen LogP contribution in [-0.4, -0.2) is 22.2 Å². The van der Waals surface area contributed by atoms with E-state index in [1.54, 1.807) is 13.8 Å². The van der Waals surface area contributed by atoms with Crippen LogP contribution in [0.4, 0.5) is 10.1 Å². The molecule has 1 rings (SSSR count). The van der Waals surface area contributed by atoms with Gasteiger partial charge in [0.1, 0.15) is 12.4 Å². The molecular weight excluding hydrogens is 321 g/mol. The van der Waals surface area contributed by atoms with Crippen LogP contribution >= 0.6 is 15.9 Å². The summed E-state index contributed by atoms with van der Waals surface area (Å²) in [4.78, 5) is 10.2. The van der Waals surface area contributed by atoms with Crippen LogP contribution in [0.15, 0.2) is 16.6 Å². The molecule has 1 N–H and O–H groups in total. The van der Waals surface area contributed by atoms with Gasteiger partial charge in [-0.3, -0.25) is 10.1 Å². The zero-order valence-electron chi connectivity index (χ0n) is 10.7. The Labute approximate surface area is 118 Å². The predicted molar refractivity (Wildman–Crippen MR) is 71.8 cm³/mol. The standard InChI is InChI=1S/C12H15BrFNO4/c1-3-12(16,4-2)7-19-11-6-9(14)8(13)5-10(11)15(17)18/h5-6,16H,3-4,7H2,1-2H3. The fourth-order valence-corrected chi connectivity index (χ4v) is 1.77. The molecule has 0 radical (unpaired) electrons. The number of benzene rings is 1. The SMILES string of the molecule is CCC(O)(CC)COc1cc(F)c(Br)cc1[N+](=O)[O-].